The van der Waals surface area contributed by atoms with E-state index in [0.29, 0.717) is 0 Å². The normalized spacial score (nSPS) is 37.2. The van der Waals surface area contributed by atoms with Gasteiger partial charge in [-0.15, -0.1) is 0 Å². The summed E-state index contributed by atoms with van der Waals surface area (Å²) in [6.07, 6.45) is 0.782. The lowest BCUT2D eigenvalue weighted by molar-refractivity contribution is -0.143. The van der Waals surface area contributed by atoms with Crippen LogP contribution in [0.15, 0.2) is 18.2 Å². The Morgan fingerprint density at radius 2 is 1.93 bits per heavy atom. The molecule has 0 saturated carbocycles. The Balaban J connectivity index is 1.66. The Hall–Kier alpha value is -1.58. The Morgan fingerprint density at radius 3 is 2.67 bits per heavy atom. The number of nitrogens with zero attached hydrogens (tertiary/aromatic N) is 3. The minimum Gasteiger partial charge on any atom is -0.454 e. The number of rotatable bonds is 3. The van der Waals surface area contributed by atoms with Crippen molar-refractivity contribution in [1.29, 1.82) is 0 Å². The van der Waals surface area contributed by atoms with Gasteiger partial charge in [-0.25, -0.2) is 0 Å². The van der Waals surface area contributed by atoms with E-state index < -0.39 is 4.87 Å². The van der Waals surface area contributed by atoms with Crippen molar-refractivity contribution >= 4 is 33.4 Å². The molecule has 2 bridgehead atoms. The quantitative estimate of drug-likeness (QED) is 0.657. The van der Waals surface area contributed by atoms with Gasteiger partial charge in [0.15, 0.2) is 16.4 Å². The topological polar surface area (TPSA) is 62.3 Å². The fourth-order valence-corrected chi connectivity index (χ4v) is 8.87. The third kappa shape index (κ3) is 2.71. The van der Waals surface area contributed by atoms with E-state index in [9.17, 15) is 9.59 Å². The summed E-state index contributed by atoms with van der Waals surface area (Å²) in [5.74, 6) is 1.53. The highest BCUT2D eigenvalue weighted by molar-refractivity contribution is 8.77. The summed E-state index contributed by atoms with van der Waals surface area (Å²) in [4.78, 5) is 32.1. The van der Waals surface area contributed by atoms with Crippen LogP contribution in [0.2, 0.25) is 0 Å². The Bertz CT molecular complexity index is 928. The summed E-state index contributed by atoms with van der Waals surface area (Å²) >= 11 is 0. The molecule has 0 aromatic heterocycles. The Labute approximate surface area is 184 Å². The maximum absolute atomic E-state index is 14.0. The molecule has 162 valence electrons. The van der Waals surface area contributed by atoms with Crippen LogP contribution in [0.1, 0.15) is 31.9 Å². The molecule has 4 unspecified atom stereocenters. The first-order chi connectivity index (χ1) is 14.2. The van der Waals surface area contributed by atoms with Crippen molar-refractivity contribution in [1.82, 2.24) is 14.7 Å². The lowest BCUT2D eigenvalue weighted by Crippen LogP contribution is -2.55. The SMILES string of the molecule is CN(C)C[C@@]1(C)CC2C3SSC(C)(C(=O)N2C1c1ccc2c(c1)OCO2)N(C)C3=O. The van der Waals surface area contributed by atoms with E-state index in [1.54, 1.807) is 22.7 Å². The van der Waals surface area contributed by atoms with Crippen molar-refractivity contribution in [2.45, 2.75) is 42.5 Å². The lowest BCUT2D eigenvalue weighted by atomic mass is 9.77. The van der Waals surface area contributed by atoms with Crippen molar-refractivity contribution in [3.63, 3.8) is 0 Å². The molecule has 4 saturated heterocycles. The van der Waals surface area contributed by atoms with E-state index in [1.807, 2.05) is 30.0 Å². The molecule has 0 aliphatic carbocycles. The highest BCUT2D eigenvalue weighted by Gasteiger charge is 2.64. The molecular formula is C21H27N3O4S2. The monoisotopic (exact) mass is 449 g/mol. The van der Waals surface area contributed by atoms with Gasteiger partial charge in [0.1, 0.15) is 5.25 Å². The van der Waals surface area contributed by atoms with Crippen LogP contribution in [0.5, 0.6) is 11.5 Å². The van der Waals surface area contributed by atoms with E-state index >= 15 is 0 Å². The van der Waals surface area contributed by atoms with Crippen molar-refractivity contribution in [3.8, 4) is 11.5 Å². The van der Waals surface area contributed by atoms with Gasteiger partial charge in [-0.3, -0.25) is 9.59 Å². The molecule has 5 aliphatic rings. The molecule has 2 amide bonds. The van der Waals surface area contributed by atoms with Crippen LogP contribution in [-0.2, 0) is 9.59 Å². The van der Waals surface area contributed by atoms with Gasteiger partial charge in [0, 0.05) is 19.0 Å². The molecule has 5 atom stereocenters. The molecule has 1 aromatic carbocycles. The first-order valence-electron chi connectivity index (χ1n) is 10.1. The molecule has 4 fully saturated rings. The zero-order valence-corrected chi connectivity index (χ0v) is 19.5. The second kappa shape index (κ2) is 6.71. The zero-order valence-electron chi connectivity index (χ0n) is 17.9. The summed E-state index contributed by atoms with van der Waals surface area (Å²) < 4.78 is 11.1. The number of hydrogen-bond acceptors (Lipinski definition) is 7. The molecular weight excluding hydrogens is 422 g/mol. The van der Waals surface area contributed by atoms with Gasteiger partial charge in [0.05, 0.1) is 12.1 Å². The van der Waals surface area contributed by atoms with Gasteiger partial charge < -0.3 is 24.2 Å². The zero-order chi connectivity index (χ0) is 21.4. The van der Waals surface area contributed by atoms with Gasteiger partial charge in [0.25, 0.3) is 5.91 Å². The number of fused-ring (bicyclic) bond motifs is 3. The van der Waals surface area contributed by atoms with Gasteiger partial charge in [-0.1, -0.05) is 34.6 Å². The molecule has 1 aromatic rings. The number of ether oxygens (including phenoxy) is 2. The summed E-state index contributed by atoms with van der Waals surface area (Å²) in [5, 5.41) is -0.250. The second-order valence-electron chi connectivity index (χ2n) is 9.37. The van der Waals surface area contributed by atoms with E-state index in [1.165, 1.54) is 10.8 Å². The number of carbonyl (C=O) groups is 2. The molecule has 0 radical (unpaired) electrons. The van der Waals surface area contributed by atoms with Crippen molar-refractivity contribution < 1.29 is 19.1 Å². The molecule has 9 heteroatoms. The maximum Gasteiger partial charge on any atom is 0.260 e. The smallest absolute Gasteiger partial charge is 0.260 e. The van der Waals surface area contributed by atoms with E-state index in [-0.39, 0.29) is 41.4 Å². The van der Waals surface area contributed by atoms with E-state index in [0.717, 1.165) is 30.0 Å². The summed E-state index contributed by atoms with van der Waals surface area (Å²) in [6, 6.07) is 5.71. The van der Waals surface area contributed by atoms with Gasteiger partial charge in [-0.2, -0.15) is 0 Å². The fourth-order valence-electron chi connectivity index (χ4n) is 5.55. The van der Waals surface area contributed by atoms with Crippen LogP contribution in [0.25, 0.3) is 0 Å². The average Bonchev–Trinajstić information content (AvgIpc) is 3.22. The fraction of sp³-hybridized carbons (Fsp3) is 0.619. The average molecular weight is 450 g/mol. The molecule has 5 heterocycles. The summed E-state index contributed by atoms with van der Waals surface area (Å²) in [7, 11) is 8.97. The second-order valence-corrected chi connectivity index (χ2v) is 12.1. The number of likely N-dealkylation sites (N-methyl/N-ethyl adjacent to an activating group) is 1. The third-order valence-corrected chi connectivity index (χ3v) is 10.3. The Morgan fingerprint density at radius 1 is 1.20 bits per heavy atom. The van der Waals surface area contributed by atoms with E-state index in [4.69, 9.17) is 9.47 Å². The van der Waals surface area contributed by atoms with E-state index in [2.05, 4.69) is 25.9 Å². The molecule has 6 rings (SSSR count). The van der Waals surface area contributed by atoms with Crippen LogP contribution < -0.4 is 9.47 Å². The van der Waals surface area contributed by atoms with Crippen LogP contribution in [0.3, 0.4) is 0 Å². The van der Waals surface area contributed by atoms with Crippen molar-refractivity contribution in [2.24, 2.45) is 5.41 Å². The first kappa shape index (κ1) is 20.3. The van der Waals surface area contributed by atoms with Crippen LogP contribution in [0.4, 0.5) is 0 Å². The van der Waals surface area contributed by atoms with Crippen LogP contribution in [-0.4, -0.2) is 77.2 Å². The Kier molecular flexibility index (Phi) is 4.55. The standard InChI is InChI=1S/C21H27N3O4S2/c1-20(10-22(3)4)9-13-16-18(25)23(5)21(2,30-29-16)19(26)24(13)17(20)12-6-7-14-15(8-12)28-11-27-14/h6-8,13,16-17H,9-11H2,1-5H3/t13?,16?,17?,20-,21?/m1/s1. The van der Waals surface area contributed by atoms with Crippen LogP contribution in [0, 0.1) is 5.41 Å². The predicted octanol–water partition coefficient (Wildman–Crippen LogP) is 2.58. The number of benzene rings is 1. The molecule has 7 nitrogen and oxygen atoms in total. The molecule has 30 heavy (non-hydrogen) atoms. The number of amides is 2. The summed E-state index contributed by atoms with van der Waals surface area (Å²) in [5.41, 5.74) is 0.838. The van der Waals surface area contributed by atoms with Crippen LogP contribution >= 0.6 is 21.6 Å². The molecule has 5 aliphatic heterocycles. The largest absolute Gasteiger partial charge is 0.454 e. The number of hydrogen-bond donors (Lipinski definition) is 0. The number of carbonyl (C=O) groups excluding carboxylic acids is 2. The van der Waals surface area contributed by atoms with Gasteiger partial charge in [0.2, 0.25) is 12.7 Å². The third-order valence-electron chi connectivity index (χ3n) is 6.87. The first-order valence-corrected chi connectivity index (χ1v) is 12.4. The molecule has 0 spiro atoms. The maximum atomic E-state index is 14.0. The predicted molar refractivity (Wildman–Crippen MR) is 117 cm³/mol. The van der Waals surface area contributed by atoms with Gasteiger partial charge in [-0.05, 0) is 45.1 Å². The lowest BCUT2D eigenvalue weighted by Gasteiger charge is -2.42. The van der Waals surface area contributed by atoms with Crippen molar-refractivity contribution in [3.05, 3.63) is 23.8 Å². The minimum absolute atomic E-state index is 0.0194. The van der Waals surface area contributed by atoms with Crippen molar-refractivity contribution in [2.75, 3.05) is 34.5 Å². The minimum atomic E-state index is -0.898. The highest BCUT2D eigenvalue weighted by atomic mass is 33.1. The highest BCUT2D eigenvalue weighted by Crippen LogP contribution is 2.61. The molecule has 0 N–H and O–H groups in total. The summed E-state index contributed by atoms with van der Waals surface area (Å²) in [6.45, 7) is 5.15. The van der Waals surface area contributed by atoms with Gasteiger partial charge >= 0.3 is 0 Å².